The highest BCUT2D eigenvalue weighted by Crippen LogP contribution is 2.30. The average Bonchev–Trinajstić information content (AvgIpc) is 2.53. The van der Waals surface area contributed by atoms with Crippen molar-refractivity contribution in [3.8, 4) is 0 Å². The van der Waals surface area contributed by atoms with Crippen LogP contribution in [-0.4, -0.2) is 22.5 Å². The van der Waals surface area contributed by atoms with Gasteiger partial charge in [0, 0.05) is 30.2 Å². The van der Waals surface area contributed by atoms with Gasteiger partial charge < -0.3 is 4.90 Å². The third kappa shape index (κ3) is 3.97. The van der Waals surface area contributed by atoms with Crippen LogP contribution in [0, 0.1) is 5.53 Å². The second-order valence-corrected chi connectivity index (χ2v) is 7.24. The molecule has 1 N–H and O–H groups in total. The van der Waals surface area contributed by atoms with Gasteiger partial charge in [0.05, 0.1) is 0 Å². The van der Waals surface area contributed by atoms with Crippen LogP contribution in [0.3, 0.4) is 0 Å². The first kappa shape index (κ1) is 17.2. The Balaban J connectivity index is 2.49. The molecule has 0 amide bonds. The van der Waals surface area contributed by atoms with Crippen LogP contribution in [0.5, 0.6) is 0 Å². The van der Waals surface area contributed by atoms with Crippen molar-refractivity contribution in [1.29, 1.82) is 5.53 Å². The maximum absolute atomic E-state index is 12.6. The van der Waals surface area contributed by atoms with Gasteiger partial charge in [-0.1, -0.05) is 29.8 Å². The Kier molecular flexibility index (Phi) is 5.18. The number of anilines is 1. The second kappa shape index (κ2) is 6.93. The van der Waals surface area contributed by atoms with Gasteiger partial charge in [-0.05, 0) is 35.9 Å². The molecule has 0 saturated carbocycles. The molecule has 0 atom stereocenters. The molecule has 0 heterocycles. The molecule has 7 heteroatoms. The number of hydrogen-bond acceptors (Lipinski definition) is 5. The Labute approximate surface area is 140 Å². The van der Waals surface area contributed by atoms with E-state index in [0.29, 0.717) is 16.3 Å². The molecule has 0 spiro atoms. The van der Waals surface area contributed by atoms with Gasteiger partial charge >= 0.3 is 0 Å². The maximum Gasteiger partial charge on any atom is 0.202 e. The monoisotopic (exact) mass is 349 g/mol. The van der Waals surface area contributed by atoms with Crippen molar-refractivity contribution < 1.29 is 8.42 Å². The van der Waals surface area contributed by atoms with Gasteiger partial charge in [0.1, 0.15) is 10.6 Å². The Morgan fingerprint density at radius 3 is 2.48 bits per heavy atom. The number of rotatable bonds is 5. The molecular weight excluding hydrogens is 334 g/mol. The average molecular weight is 350 g/mol. The summed E-state index contributed by atoms with van der Waals surface area (Å²) in [7, 11) is -0.137. The lowest BCUT2D eigenvalue weighted by atomic mass is 10.2. The molecule has 0 fully saturated rings. The zero-order valence-electron chi connectivity index (χ0n) is 12.7. The largest absolute Gasteiger partial charge is 0.378 e. The SMILES string of the molecule is CN(C)c1ccc(N=N)c(S(=O)(=O)/C=C/c2ccccc2Cl)c1. The molecule has 0 aliphatic carbocycles. The molecule has 0 unspecified atom stereocenters. The quantitative estimate of drug-likeness (QED) is 0.807. The van der Waals surface area contributed by atoms with Gasteiger partial charge in [-0.2, -0.15) is 5.11 Å². The number of nitrogens with zero attached hydrogens (tertiary/aromatic N) is 2. The van der Waals surface area contributed by atoms with E-state index in [1.807, 2.05) is 14.1 Å². The molecule has 120 valence electrons. The molecule has 5 nitrogen and oxygen atoms in total. The van der Waals surface area contributed by atoms with Crippen LogP contribution in [0.2, 0.25) is 5.02 Å². The summed E-state index contributed by atoms with van der Waals surface area (Å²) in [6.07, 6.45) is 1.44. The molecule has 0 bridgehead atoms. The topological polar surface area (TPSA) is 73.6 Å². The Morgan fingerprint density at radius 2 is 1.87 bits per heavy atom. The van der Waals surface area contributed by atoms with Crippen molar-refractivity contribution in [2.75, 3.05) is 19.0 Å². The highest BCUT2D eigenvalue weighted by Gasteiger charge is 2.17. The minimum atomic E-state index is -3.75. The van der Waals surface area contributed by atoms with Crippen molar-refractivity contribution in [1.82, 2.24) is 0 Å². The number of nitrogens with one attached hydrogen (secondary N) is 1. The van der Waals surface area contributed by atoms with Gasteiger partial charge in [-0.15, -0.1) is 0 Å². The molecule has 0 aliphatic heterocycles. The number of hydrogen-bond donors (Lipinski definition) is 1. The summed E-state index contributed by atoms with van der Waals surface area (Å²) in [5, 5.41) is 4.85. The van der Waals surface area contributed by atoms with Gasteiger partial charge in [-0.3, -0.25) is 0 Å². The van der Waals surface area contributed by atoms with Crippen molar-refractivity contribution in [3.05, 3.63) is 58.5 Å². The summed E-state index contributed by atoms with van der Waals surface area (Å²) in [6.45, 7) is 0. The Bertz CT molecular complexity index is 861. The van der Waals surface area contributed by atoms with E-state index in [4.69, 9.17) is 17.1 Å². The number of halogens is 1. The normalized spacial score (nSPS) is 11.6. The summed E-state index contributed by atoms with van der Waals surface area (Å²) in [5.41, 5.74) is 8.58. The van der Waals surface area contributed by atoms with E-state index < -0.39 is 9.84 Å². The number of sulfone groups is 1. The van der Waals surface area contributed by atoms with E-state index >= 15 is 0 Å². The van der Waals surface area contributed by atoms with Gasteiger partial charge in [0.2, 0.25) is 9.84 Å². The summed E-state index contributed by atoms with van der Waals surface area (Å²) in [4.78, 5) is 1.77. The number of benzene rings is 2. The van der Waals surface area contributed by atoms with Crippen LogP contribution >= 0.6 is 11.6 Å². The predicted molar refractivity (Wildman–Crippen MR) is 93.2 cm³/mol. The molecule has 0 radical (unpaired) electrons. The van der Waals surface area contributed by atoms with Crippen LogP contribution in [0.25, 0.3) is 6.08 Å². The van der Waals surface area contributed by atoms with Gasteiger partial charge in [-0.25, -0.2) is 13.9 Å². The minimum absolute atomic E-state index is 0.0120. The molecule has 0 aromatic heterocycles. The van der Waals surface area contributed by atoms with E-state index in [9.17, 15) is 8.42 Å². The Morgan fingerprint density at radius 1 is 1.17 bits per heavy atom. The molecule has 0 saturated heterocycles. The first-order chi connectivity index (χ1) is 10.8. The lowest BCUT2D eigenvalue weighted by molar-refractivity contribution is 0.605. The molecule has 2 aromatic rings. The van der Waals surface area contributed by atoms with Crippen molar-refractivity contribution in [2.45, 2.75) is 4.90 Å². The molecule has 2 aromatic carbocycles. The fourth-order valence-electron chi connectivity index (χ4n) is 1.95. The first-order valence-electron chi connectivity index (χ1n) is 6.71. The lowest BCUT2D eigenvalue weighted by Gasteiger charge is -2.14. The first-order valence-corrected chi connectivity index (χ1v) is 8.64. The van der Waals surface area contributed by atoms with Crippen molar-refractivity contribution in [3.63, 3.8) is 0 Å². The van der Waals surface area contributed by atoms with Gasteiger partial charge in [0.15, 0.2) is 0 Å². The van der Waals surface area contributed by atoms with Crippen LogP contribution in [0.4, 0.5) is 11.4 Å². The summed E-state index contributed by atoms with van der Waals surface area (Å²) >= 11 is 6.02. The highest BCUT2D eigenvalue weighted by atomic mass is 35.5. The van der Waals surface area contributed by atoms with E-state index in [1.54, 1.807) is 35.2 Å². The van der Waals surface area contributed by atoms with E-state index in [1.165, 1.54) is 18.2 Å². The van der Waals surface area contributed by atoms with Gasteiger partial charge in [0.25, 0.3) is 0 Å². The molecule has 0 aliphatic rings. The third-order valence-corrected chi connectivity index (χ3v) is 5.00. The second-order valence-electron chi connectivity index (χ2n) is 5.03. The smallest absolute Gasteiger partial charge is 0.202 e. The minimum Gasteiger partial charge on any atom is -0.378 e. The van der Waals surface area contributed by atoms with Crippen LogP contribution in [0.1, 0.15) is 5.56 Å². The standard InChI is InChI=1S/C16H16ClN3O2S/c1-20(2)13-7-8-15(19-18)16(11-13)23(21,22)10-9-12-5-3-4-6-14(12)17/h3-11,18H,1-2H3/b10-9+,19-18?. The van der Waals surface area contributed by atoms with Crippen molar-refractivity contribution >= 4 is 38.9 Å². The fourth-order valence-corrected chi connectivity index (χ4v) is 3.31. The van der Waals surface area contributed by atoms with Crippen LogP contribution in [0.15, 0.2) is 57.9 Å². The summed E-state index contributed by atoms with van der Waals surface area (Å²) in [5.74, 6) is 0. The zero-order chi connectivity index (χ0) is 17.0. The van der Waals surface area contributed by atoms with E-state index in [0.717, 1.165) is 5.41 Å². The fraction of sp³-hybridized carbons (Fsp3) is 0.125. The highest BCUT2D eigenvalue weighted by molar-refractivity contribution is 7.94. The van der Waals surface area contributed by atoms with E-state index in [2.05, 4.69) is 5.11 Å². The van der Waals surface area contributed by atoms with Crippen molar-refractivity contribution in [2.24, 2.45) is 5.11 Å². The lowest BCUT2D eigenvalue weighted by Crippen LogP contribution is -2.09. The van der Waals surface area contributed by atoms with E-state index in [-0.39, 0.29) is 10.6 Å². The van der Waals surface area contributed by atoms with Crippen LogP contribution in [-0.2, 0) is 9.84 Å². The predicted octanol–water partition coefficient (Wildman–Crippen LogP) is 4.51. The Hall–Kier alpha value is -2.18. The summed E-state index contributed by atoms with van der Waals surface area (Å²) < 4.78 is 25.2. The molecular formula is C16H16ClN3O2S. The third-order valence-electron chi connectivity index (χ3n) is 3.22. The zero-order valence-corrected chi connectivity index (χ0v) is 14.3. The maximum atomic E-state index is 12.6. The summed E-state index contributed by atoms with van der Waals surface area (Å²) in [6, 6.07) is 11.7. The molecule has 23 heavy (non-hydrogen) atoms. The van der Waals surface area contributed by atoms with Crippen LogP contribution < -0.4 is 4.90 Å². The molecule has 2 rings (SSSR count).